The van der Waals surface area contributed by atoms with Crippen LogP contribution in [0.15, 0.2) is 29.3 Å². The fourth-order valence-electron chi connectivity index (χ4n) is 2.53. The molecule has 7 nitrogen and oxygen atoms in total. The molecule has 0 unspecified atom stereocenters. The van der Waals surface area contributed by atoms with Crippen molar-refractivity contribution in [3.8, 4) is 0 Å². The lowest BCUT2D eigenvalue weighted by Crippen LogP contribution is -2.23. The van der Waals surface area contributed by atoms with Gasteiger partial charge in [0.1, 0.15) is 6.33 Å². The molecule has 0 radical (unpaired) electrons. The average Bonchev–Trinajstić information content (AvgIpc) is 3.04. The van der Waals surface area contributed by atoms with Gasteiger partial charge in [-0.1, -0.05) is 11.6 Å². The number of nitrogens with zero attached hydrogens (tertiary/aromatic N) is 3. The van der Waals surface area contributed by atoms with E-state index in [1.807, 2.05) is 0 Å². The summed E-state index contributed by atoms with van der Waals surface area (Å²) in [7, 11) is 0. The standard InChI is InChI=1S/C16H13ClF3N5O2/c1-8-10(14(27)25-15(23-8)21-7-22-25)3-5-13(26)24-12-6-9(16(18,19)20)2-4-11(12)17/h2,4,6-7H,3,5H2,1H3,(H,24,26)(H,21,22,23). The van der Waals surface area contributed by atoms with E-state index in [9.17, 15) is 22.8 Å². The second-order valence-electron chi connectivity index (χ2n) is 5.74. The minimum atomic E-state index is -4.55. The molecule has 0 atom stereocenters. The number of fused-ring (bicyclic) bond motifs is 1. The molecule has 0 aliphatic heterocycles. The van der Waals surface area contributed by atoms with E-state index in [-0.39, 0.29) is 34.9 Å². The van der Waals surface area contributed by atoms with Crippen molar-refractivity contribution >= 4 is 29.0 Å². The Morgan fingerprint density at radius 3 is 2.81 bits per heavy atom. The van der Waals surface area contributed by atoms with Gasteiger partial charge in [-0.25, -0.2) is 9.97 Å². The molecular formula is C16H13ClF3N5O2. The highest BCUT2D eigenvalue weighted by molar-refractivity contribution is 6.33. The van der Waals surface area contributed by atoms with Crippen molar-refractivity contribution in [1.29, 1.82) is 0 Å². The van der Waals surface area contributed by atoms with Gasteiger partial charge < -0.3 is 5.32 Å². The van der Waals surface area contributed by atoms with E-state index in [4.69, 9.17) is 11.6 Å². The highest BCUT2D eigenvalue weighted by Crippen LogP contribution is 2.33. The number of rotatable bonds is 4. The summed E-state index contributed by atoms with van der Waals surface area (Å²) in [6.07, 6.45) is -3.32. The highest BCUT2D eigenvalue weighted by Gasteiger charge is 2.31. The Bertz CT molecular complexity index is 1070. The summed E-state index contributed by atoms with van der Waals surface area (Å²) < 4.78 is 39.5. The number of hydrogen-bond donors (Lipinski definition) is 2. The Labute approximate surface area is 155 Å². The van der Waals surface area contributed by atoms with Crippen molar-refractivity contribution in [3.63, 3.8) is 0 Å². The van der Waals surface area contributed by atoms with Crippen LogP contribution in [-0.2, 0) is 17.4 Å². The third kappa shape index (κ3) is 3.95. The molecule has 0 saturated heterocycles. The zero-order valence-electron chi connectivity index (χ0n) is 13.9. The Morgan fingerprint density at radius 2 is 2.11 bits per heavy atom. The van der Waals surface area contributed by atoms with Crippen LogP contribution in [0, 0.1) is 6.92 Å². The normalized spacial score (nSPS) is 11.7. The molecule has 2 N–H and O–H groups in total. The monoisotopic (exact) mass is 399 g/mol. The zero-order valence-corrected chi connectivity index (χ0v) is 14.6. The number of aromatic nitrogens is 4. The average molecular weight is 400 g/mol. The van der Waals surface area contributed by atoms with E-state index in [0.717, 1.165) is 22.7 Å². The first-order valence-electron chi connectivity index (χ1n) is 7.75. The van der Waals surface area contributed by atoms with Crippen molar-refractivity contribution in [2.24, 2.45) is 0 Å². The number of nitrogens with one attached hydrogen (secondary N) is 2. The Balaban J connectivity index is 1.75. The summed E-state index contributed by atoms with van der Waals surface area (Å²) >= 11 is 5.85. The van der Waals surface area contributed by atoms with Gasteiger partial charge in [-0.3, -0.25) is 14.7 Å². The molecule has 0 spiro atoms. The molecule has 142 valence electrons. The first kappa shape index (κ1) is 18.9. The van der Waals surface area contributed by atoms with Crippen molar-refractivity contribution in [2.45, 2.75) is 25.9 Å². The number of carbonyl (C=O) groups is 1. The number of aromatic amines is 1. The summed E-state index contributed by atoms with van der Waals surface area (Å²) in [5.41, 5.74) is -0.726. The Kier molecular flexibility index (Phi) is 4.92. The maximum Gasteiger partial charge on any atom is 0.416 e. The highest BCUT2D eigenvalue weighted by atomic mass is 35.5. The quantitative estimate of drug-likeness (QED) is 0.705. The maximum atomic E-state index is 12.8. The molecule has 0 fully saturated rings. The zero-order chi connectivity index (χ0) is 19.8. The topological polar surface area (TPSA) is 92.2 Å². The fourth-order valence-corrected chi connectivity index (χ4v) is 2.70. The number of aryl methyl sites for hydroxylation is 1. The molecular weight excluding hydrogens is 387 g/mol. The van der Waals surface area contributed by atoms with Crippen molar-refractivity contribution in [2.75, 3.05) is 5.32 Å². The van der Waals surface area contributed by atoms with Crippen LogP contribution in [0.25, 0.3) is 5.78 Å². The summed E-state index contributed by atoms with van der Waals surface area (Å²) in [4.78, 5) is 32.5. The van der Waals surface area contributed by atoms with Crippen LogP contribution in [0.4, 0.5) is 18.9 Å². The van der Waals surface area contributed by atoms with Gasteiger partial charge in [-0.05, 0) is 31.5 Å². The van der Waals surface area contributed by atoms with Gasteiger partial charge in [0.15, 0.2) is 0 Å². The van der Waals surface area contributed by atoms with E-state index in [1.165, 1.54) is 6.33 Å². The Morgan fingerprint density at radius 1 is 1.37 bits per heavy atom. The van der Waals surface area contributed by atoms with E-state index >= 15 is 0 Å². The molecule has 0 aliphatic rings. The molecule has 0 aliphatic carbocycles. The first-order valence-corrected chi connectivity index (χ1v) is 8.13. The summed E-state index contributed by atoms with van der Waals surface area (Å²) in [6.45, 7) is 1.62. The van der Waals surface area contributed by atoms with Gasteiger partial charge >= 0.3 is 6.18 Å². The van der Waals surface area contributed by atoms with Crippen LogP contribution in [0.1, 0.15) is 23.2 Å². The smallest absolute Gasteiger partial charge is 0.325 e. The van der Waals surface area contributed by atoms with Gasteiger partial charge in [0.2, 0.25) is 5.91 Å². The second kappa shape index (κ2) is 7.03. The molecule has 0 bridgehead atoms. The predicted octanol–water partition coefficient (Wildman–Crippen LogP) is 2.97. The van der Waals surface area contributed by atoms with Crippen LogP contribution >= 0.6 is 11.6 Å². The SMILES string of the molecule is Cc1nc2nc[nH]n2c(=O)c1CCC(=O)Nc1cc(C(F)(F)F)ccc1Cl. The molecule has 2 aromatic heterocycles. The third-order valence-electron chi connectivity index (χ3n) is 3.90. The minimum Gasteiger partial charge on any atom is -0.325 e. The van der Waals surface area contributed by atoms with Crippen LogP contribution in [0.3, 0.4) is 0 Å². The minimum absolute atomic E-state index is 0.0202. The number of halogens is 4. The van der Waals surface area contributed by atoms with Crippen molar-refractivity contribution in [3.05, 3.63) is 56.7 Å². The van der Waals surface area contributed by atoms with Crippen LogP contribution in [0.5, 0.6) is 0 Å². The number of benzene rings is 1. The van der Waals surface area contributed by atoms with Gasteiger partial charge in [-0.2, -0.15) is 17.7 Å². The predicted molar refractivity (Wildman–Crippen MR) is 91.7 cm³/mol. The lowest BCUT2D eigenvalue weighted by atomic mass is 10.1. The second-order valence-corrected chi connectivity index (χ2v) is 6.15. The van der Waals surface area contributed by atoms with Crippen LogP contribution in [-0.4, -0.2) is 25.5 Å². The summed E-state index contributed by atoms with van der Waals surface area (Å²) in [5, 5.41) is 4.94. The van der Waals surface area contributed by atoms with E-state index < -0.39 is 17.6 Å². The number of hydrogen-bond acceptors (Lipinski definition) is 4. The largest absolute Gasteiger partial charge is 0.416 e. The van der Waals surface area contributed by atoms with E-state index in [0.29, 0.717) is 11.3 Å². The van der Waals surface area contributed by atoms with E-state index in [2.05, 4.69) is 20.4 Å². The molecule has 3 rings (SSSR count). The van der Waals surface area contributed by atoms with Crippen LogP contribution in [0.2, 0.25) is 5.02 Å². The maximum absolute atomic E-state index is 12.8. The summed E-state index contributed by atoms with van der Waals surface area (Å²) in [5.74, 6) is -0.369. The molecule has 11 heteroatoms. The lowest BCUT2D eigenvalue weighted by molar-refractivity contribution is -0.137. The van der Waals surface area contributed by atoms with E-state index in [1.54, 1.807) is 6.92 Å². The van der Waals surface area contributed by atoms with Gasteiger partial charge in [-0.15, -0.1) is 0 Å². The van der Waals surface area contributed by atoms with Crippen molar-refractivity contribution < 1.29 is 18.0 Å². The summed E-state index contributed by atoms with van der Waals surface area (Å²) in [6, 6.07) is 2.65. The fraction of sp³-hybridized carbons (Fsp3) is 0.250. The van der Waals surface area contributed by atoms with Gasteiger partial charge in [0.25, 0.3) is 11.3 Å². The van der Waals surface area contributed by atoms with Crippen molar-refractivity contribution in [1.82, 2.24) is 19.6 Å². The van der Waals surface area contributed by atoms with Gasteiger partial charge in [0.05, 0.1) is 22.0 Å². The number of anilines is 1. The molecule has 0 saturated carbocycles. The first-order chi connectivity index (χ1) is 12.7. The number of carbonyl (C=O) groups excluding carboxylic acids is 1. The molecule has 27 heavy (non-hydrogen) atoms. The number of H-pyrrole nitrogens is 1. The molecule has 3 aromatic rings. The Hall–Kier alpha value is -2.88. The number of amides is 1. The van der Waals surface area contributed by atoms with Gasteiger partial charge in [0, 0.05) is 12.0 Å². The lowest BCUT2D eigenvalue weighted by Gasteiger charge is -2.12. The molecule has 1 aromatic carbocycles. The molecule has 1 amide bonds. The molecule has 2 heterocycles. The third-order valence-corrected chi connectivity index (χ3v) is 4.23. The number of alkyl halides is 3. The van der Waals surface area contributed by atoms with Crippen LogP contribution < -0.4 is 10.9 Å².